The first kappa shape index (κ1) is 13.4. The Morgan fingerprint density at radius 1 is 1.53 bits per heavy atom. The lowest BCUT2D eigenvalue weighted by atomic mass is 10.1. The Labute approximate surface area is 132 Å². The Morgan fingerprint density at radius 2 is 2.26 bits per heavy atom. The van der Waals surface area contributed by atoms with Gasteiger partial charge in [0.25, 0.3) is 0 Å². The zero-order valence-corrected chi connectivity index (χ0v) is 13.4. The van der Waals surface area contributed by atoms with E-state index in [4.69, 9.17) is 41.8 Å². The summed E-state index contributed by atoms with van der Waals surface area (Å²) >= 11 is 18.5. The van der Waals surface area contributed by atoms with Crippen LogP contribution >= 0.6 is 47.8 Å². The first-order valence-corrected chi connectivity index (χ1v) is 7.93. The number of hydrogen-bond acceptors (Lipinski definition) is 3. The first-order valence-electron chi connectivity index (χ1n) is 5.85. The maximum absolute atomic E-state index is 6.11. The zero-order chi connectivity index (χ0) is 13.7. The van der Waals surface area contributed by atoms with Crippen molar-refractivity contribution in [2.75, 3.05) is 11.4 Å². The predicted octanol–water partition coefficient (Wildman–Crippen LogP) is 2.85. The molecule has 2 atom stereocenters. The van der Waals surface area contributed by atoms with Crippen molar-refractivity contribution in [3.8, 4) is 0 Å². The van der Waals surface area contributed by atoms with E-state index in [1.54, 1.807) is 0 Å². The van der Waals surface area contributed by atoms with Crippen LogP contribution in [-0.2, 0) is 0 Å². The molecule has 2 unspecified atom stereocenters. The van der Waals surface area contributed by atoms with Crippen molar-refractivity contribution in [2.24, 2.45) is 5.73 Å². The Hall–Kier alpha value is -0.560. The van der Waals surface area contributed by atoms with Crippen molar-refractivity contribution in [1.82, 2.24) is 4.90 Å². The van der Waals surface area contributed by atoms with Crippen molar-refractivity contribution in [1.29, 1.82) is 0 Å². The van der Waals surface area contributed by atoms with E-state index in [0.717, 1.165) is 12.2 Å². The fourth-order valence-corrected chi connectivity index (χ4v) is 4.48. The molecule has 0 radical (unpaired) electrons. The number of thiocarbonyl (C=S) groups is 2. The summed E-state index contributed by atoms with van der Waals surface area (Å²) in [4.78, 5) is 5.15. The Balaban J connectivity index is 2.09. The molecule has 3 rings (SSSR count). The van der Waals surface area contributed by atoms with Crippen molar-refractivity contribution < 1.29 is 0 Å². The molecule has 7 heteroatoms. The van der Waals surface area contributed by atoms with Crippen LogP contribution in [0.4, 0.5) is 5.69 Å². The third-order valence-electron chi connectivity index (χ3n) is 3.44. The standard InChI is InChI=1S/C12H12ClN3S3/c1-6-9-5-15(11(14)17)12(18)16(9)8-4-7(13)2-3-10(8)19-6/h2-4,6,9H,5H2,1H3,(H2,14,17). The van der Waals surface area contributed by atoms with E-state index in [1.165, 1.54) is 4.90 Å². The van der Waals surface area contributed by atoms with E-state index >= 15 is 0 Å². The molecule has 0 amide bonds. The molecule has 1 aromatic carbocycles. The van der Waals surface area contributed by atoms with Gasteiger partial charge >= 0.3 is 0 Å². The van der Waals surface area contributed by atoms with Gasteiger partial charge < -0.3 is 10.6 Å². The minimum atomic E-state index is 0.282. The minimum absolute atomic E-state index is 0.282. The Morgan fingerprint density at radius 3 is 2.95 bits per heavy atom. The third kappa shape index (κ3) is 2.11. The van der Waals surface area contributed by atoms with Crippen LogP contribution in [0.15, 0.2) is 23.1 Å². The van der Waals surface area contributed by atoms with Gasteiger partial charge in [0.1, 0.15) is 0 Å². The normalized spacial score (nSPS) is 25.3. The van der Waals surface area contributed by atoms with Crippen LogP contribution in [0.25, 0.3) is 0 Å². The Bertz CT molecular complexity index is 577. The van der Waals surface area contributed by atoms with Crippen LogP contribution in [0.5, 0.6) is 0 Å². The summed E-state index contributed by atoms with van der Waals surface area (Å²) in [5.74, 6) is 0. The molecule has 3 nitrogen and oxygen atoms in total. The molecule has 2 heterocycles. The number of halogens is 1. The SMILES string of the molecule is CC1Sc2ccc(Cl)cc2N2C(=S)N(C(N)=S)CC12. The van der Waals surface area contributed by atoms with Gasteiger partial charge in [0.05, 0.1) is 11.7 Å². The number of benzene rings is 1. The van der Waals surface area contributed by atoms with Gasteiger partial charge in [0.15, 0.2) is 10.2 Å². The topological polar surface area (TPSA) is 32.5 Å². The number of nitrogens with two attached hydrogens (primary N) is 1. The van der Waals surface area contributed by atoms with Crippen LogP contribution in [0.1, 0.15) is 6.92 Å². The summed E-state index contributed by atoms with van der Waals surface area (Å²) in [6.45, 7) is 2.94. The fourth-order valence-electron chi connectivity index (χ4n) is 2.50. The van der Waals surface area contributed by atoms with E-state index < -0.39 is 0 Å². The molecule has 0 aliphatic carbocycles. The maximum Gasteiger partial charge on any atom is 0.182 e. The molecular formula is C12H12ClN3S3. The van der Waals surface area contributed by atoms with Crippen LogP contribution < -0.4 is 10.6 Å². The van der Waals surface area contributed by atoms with Gasteiger partial charge in [0, 0.05) is 21.7 Å². The molecule has 2 aliphatic heterocycles. The monoisotopic (exact) mass is 329 g/mol. The lowest BCUT2D eigenvalue weighted by Crippen LogP contribution is -2.43. The molecule has 0 bridgehead atoms. The molecule has 2 N–H and O–H groups in total. The van der Waals surface area contributed by atoms with Gasteiger partial charge in [-0.15, -0.1) is 11.8 Å². The maximum atomic E-state index is 6.11. The highest BCUT2D eigenvalue weighted by Crippen LogP contribution is 2.45. The predicted molar refractivity (Wildman–Crippen MR) is 89.1 cm³/mol. The van der Waals surface area contributed by atoms with Crippen molar-refractivity contribution in [3.63, 3.8) is 0 Å². The smallest absolute Gasteiger partial charge is 0.182 e. The molecule has 1 saturated heterocycles. The van der Waals surface area contributed by atoms with Crippen LogP contribution in [0.3, 0.4) is 0 Å². The van der Waals surface area contributed by atoms with Crippen LogP contribution in [0.2, 0.25) is 5.02 Å². The third-order valence-corrected chi connectivity index (χ3v) is 5.60. The van der Waals surface area contributed by atoms with Crippen molar-refractivity contribution >= 4 is 63.7 Å². The number of fused-ring (bicyclic) bond motifs is 3. The molecule has 2 aliphatic rings. The van der Waals surface area contributed by atoms with E-state index in [0.29, 0.717) is 20.5 Å². The van der Waals surface area contributed by atoms with E-state index in [-0.39, 0.29) is 6.04 Å². The van der Waals surface area contributed by atoms with Gasteiger partial charge in [-0.2, -0.15) is 0 Å². The van der Waals surface area contributed by atoms with Crippen LogP contribution in [-0.4, -0.2) is 33.0 Å². The largest absolute Gasteiger partial charge is 0.376 e. The van der Waals surface area contributed by atoms with E-state index in [2.05, 4.69) is 11.8 Å². The first-order chi connectivity index (χ1) is 8.99. The molecule has 100 valence electrons. The van der Waals surface area contributed by atoms with Gasteiger partial charge in [-0.1, -0.05) is 18.5 Å². The number of rotatable bonds is 0. The summed E-state index contributed by atoms with van der Waals surface area (Å²) in [5, 5.41) is 2.14. The highest BCUT2D eigenvalue weighted by Gasteiger charge is 2.43. The highest BCUT2D eigenvalue weighted by molar-refractivity contribution is 8.00. The second-order valence-electron chi connectivity index (χ2n) is 4.60. The van der Waals surface area contributed by atoms with Crippen LogP contribution in [0, 0.1) is 0 Å². The summed E-state index contributed by atoms with van der Waals surface area (Å²) in [6, 6.07) is 6.19. The lowest BCUT2D eigenvalue weighted by molar-refractivity contribution is 0.584. The second kappa shape index (κ2) is 4.77. The highest BCUT2D eigenvalue weighted by atomic mass is 35.5. The summed E-state index contributed by atoms with van der Waals surface area (Å²) in [7, 11) is 0. The number of nitrogens with zero attached hydrogens (tertiary/aromatic N) is 2. The quantitative estimate of drug-likeness (QED) is 0.737. The fraction of sp³-hybridized carbons (Fsp3) is 0.333. The molecule has 19 heavy (non-hydrogen) atoms. The van der Waals surface area contributed by atoms with Gasteiger partial charge in [0.2, 0.25) is 0 Å². The molecule has 0 aromatic heterocycles. The average Bonchev–Trinajstić information content (AvgIpc) is 2.69. The lowest BCUT2D eigenvalue weighted by Gasteiger charge is -2.35. The van der Waals surface area contributed by atoms with Crippen molar-refractivity contribution in [3.05, 3.63) is 23.2 Å². The van der Waals surface area contributed by atoms with E-state index in [1.807, 2.05) is 34.9 Å². The van der Waals surface area contributed by atoms with Crippen molar-refractivity contribution in [2.45, 2.75) is 23.1 Å². The Kier molecular flexibility index (Phi) is 3.37. The summed E-state index contributed by atoms with van der Waals surface area (Å²) < 4.78 is 0. The minimum Gasteiger partial charge on any atom is -0.376 e. The second-order valence-corrected chi connectivity index (χ2v) is 7.24. The molecule has 0 saturated carbocycles. The molecular weight excluding hydrogens is 318 g/mol. The zero-order valence-electron chi connectivity index (χ0n) is 10.2. The van der Waals surface area contributed by atoms with Gasteiger partial charge in [-0.05, 0) is 42.6 Å². The average molecular weight is 330 g/mol. The number of thioether (sulfide) groups is 1. The molecule has 1 aromatic rings. The molecule has 1 fully saturated rings. The van der Waals surface area contributed by atoms with Gasteiger partial charge in [-0.3, -0.25) is 4.90 Å². The number of hydrogen-bond donors (Lipinski definition) is 1. The summed E-state index contributed by atoms with van der Waals surface area (Å²) in [5.41, 5.74) is 6.81. The van der Waals surface area contributed by atoms with Gasteiger partial charge in [-0.25, -0.2) is 0 Å². The molecule has 0 spiro atoms. The number of anilines is 1. The summed E-state index contributed by atoms with van der Waals surface area (Å²) in [6.07, 6.45) is 0. The van der Waals surface area contributed by atoms with E-state index in [9.17, 15) is 0 Å².